The first-order valence-corrected chi connectivity index (χ1v) is 6.93. The summed E-state index contributed by atoms with van der Waals surface area (Å²) in [5.74, 6) is 0. The Labute approximate surface area is 115 Å². The van der Waals surface area contributed by atoms with Crippen LogP contribution in [0.2, 0.25) is 0 Å². The van der Waals surface area contributed by atoms with Crippen molar-refractivity contribution < 1.29 is 0 Å². The maximum atomic E-state index is 4.32. The summed E-state index contributed by atoms with van der Waals surface area (Å²) in [5, 5.41) is 14.3. The van der Waals surface area contributed by atoms with Crippen LogP contribution < -0.4 is 0 Å². The molecule has 0 spiro atoms. The van der Waals surface area contributed by atoms with Crippen LogP contribution in [0.3, 0.4) is 0 Å². The van der Waals surface area contributed by atoms with E-state index in [2.05, 4.69) is 36.3 Å². The molecule has 3 rings (SSSR count). The first-order valence-electron chi connectivity index (χ1n) is 5.26. The monoisotopic (exact) mass is 324 g/mol. The topological polar surface area (TPSA) is 61.4 Å². The highest BCUT2D eigenvalue weighted by Crippen LogP contribution is 2.16. The third-order valence-electron chi connectivity index (χ3n) is 2.32. The van der Waals surface area contributed by atoms with Crippen molar-refractivity contribution in [2.45, 2.75) is 13.1 Å². The maximum absolute atomic E-state index is 4.32. The molecule has 92 valence electrons. The first kappa shape index (κ1) is 11.5. The van der Waals surface area contributed by atoms with Gasteiger partial charge in [-0.15, -0.1) is 16.4 Å². The number of hydrogen-bond donors (Lipinski definition) is 0. The van der Waals surface area contributed by atoms with Crippen LogP contribution in [0.25, 0.3) is 0 Å². The highest BCUT2D eigenvalue weighted by atomic mass is 79.9. The maximum Gasteiger partial charge on any atom is 0.159 e. The molecule has 0 N–H and O–H groups in total. The largest absolute Gasteiger partial charge is 0.267 e. The lowest BCUT2D eigenvalue weighted by molar-refractivity contribution is 0.638. The second-order valence-electron chi connectivity index (χ2n) is 3.70. The van der Waals surface area contributed by atoms with Crippen molar-refractivity contribution in [3.05, 3.63) is 45.3 Å². The Hall–Kier alpha value is -1.54. The van der Waals surface area contributed by atoms with Gasteiger partial charge in [-0.25, -0.2) is 9.67 Å². The second kappa shape index (κ2) is 4.99. The van der Waals surface area contributed by atoms with Crippen LogP contribution >= 0.6 is 27.3 Å². The van der Waals surface area contributed by atoms with E-state index in [4.69, 9.17) is 0 Å². The molecule has 0 unspecified atom stereocenters. The van der Waals surface area contributed by atoms with Gasteiger partial charge >= 0.3 is 0 Å². The Morgan fingerprint density at radius 2 is 2.11 bits per heavy atom. The third-order valence-corrected chi connectivity index (χ3v) is 3.73. The van der Waals surface area contributed by atoms with Crippen molar-refractivity contribution in [3.63, 3.8) is 0 Å². The predicted octanol–water partition coefficient (Wildman–Crippen LogP) is 1.79. The summed E-state index contributed by atoms with van der Waals surface area (Å²) < 4.78 is 4.48. The Kier molecular flexibility index (Phi) is 3.20. The molecular weight excluding hydrogens is 316 g/mol. The summed E-state index contributed by atoms with van der Waals surface area (Å²) >= 11 is 4.91. The van der Waals surface area contributed by atoms with Gasteiger partial charge in [0.05, 0.1) is 25.0 Å². The van der Waals surface area contributed by atoms with E-state index in [1.54, 1.807) is 22.2 Å². The van der Waals surface area contributed by atoms with Crippen LogP contribution in [0.1, 0.15) is 11.4 Å². The fourth-order valence-electron chi connectivity index (χ4n) is 1.57. The van der Waals surface area contributed by atoms with Crippen molar-refractivity contribution >= 4 is 27.3 Å². The molecule has 0 radical (unpaired) electrons. The summed E-state index contributed by atoms with van der Waals surface area (Å²) in [6, 6.07) is 1.89. The Balaban J connectivity index is 1.69. The molecule has 18 heavy (non-hydrogen) atoms. The molecule has 3 aromatic heterocycles. The summed E-state index contributed by atoms with van der Waals surface area (Å²) in [4.78, 5) is 4.32. The lowest BCUT2D eigenvalue weighted by Gasteiger charge is -1.96. The molecule has 0 aliphatic carbocycles. The fraction of sp³-hybridized carbons (Fsp3) is 0.200. The van der Waals surface area contributed by atoms with E-state index in [0.29, 0.717) is 13.1 Å². The highest BCUT2D eigenvalue weighted by molar-refractivity contribution is 9.11. The van der Waals surface area contributed by atoms with Crippen LogP contribution in [0, 0.1) is 0 Å². The molecule has 0 saturated heterocycles. The molecular formula is C10H9BrN6S. The van der Waals surface area contributed by atoms with Crippen LogP contribution in [0.4, 0.5) is 0 Å². The normalized spacial score (nSPS) is 10.9. The van der Waals surface area contributed by atoms with Gasteiger partial charge in [0.1, 0.15) is 5.69 Å². The van der Waals surface area contributed by atoms with Gasteiger partial charge in [0.15, 0.2) is 3.92 Å². The molecule has 3 heterocycles. The molecule has 6 nitrogen and oxygen atoms in total. The smallest absolute Gasteiger partial charge is 0.159 e. The lowest BCUT2D eigenvalue weighted by atomic mass is 10.4. The van der Waals surface area contributed by atoms with E-state index in [9.17, 15) is 0 Å². The van der Waals surface area contributed by atoms with E-state index >= 15 is 0 Å². The molecule has 3 aromatic rings. The van der Waals surface area contributed by atoms with Crippen molar-refractivity contribution in [2.75, 3.05) is 0 Å². The summed E-state index contributed by atoms with van der Waals surface area (Å²) in [6.07, 6.45) is 5.56. The van der Waals surface area contributed by atoms with Gasteiger partial charge in [-0.05, 0) is 22.0 Å². The van der Waals surface area contributed by atoms with Gasteiger partial charge in [0, 0.05) is 17.8 Å². The van der Waals surface area contributed by atoms with Crippen molar-refractivity contribution in [1.29, 1.82) is 0 Å². The summed E-state index contributed by atoms with van der Waals surface area (Å²) in [5.41, 5.74) is 1.86. The highest BCUT2D eigenvalue weighted by Gasteiger charge is 2.05. The Morgan fingerprint density at radius 1 is 1.22 bits per heavy atom. The molecule has 0 fully saturated rings. The third kappa shape index (κ3) is 2.65. The van der Waals surface area contributed by atoms with E-state index in [0.717, 1.165) is 15.3 Å². The van der Waals surface area contributed by atoms with Gasteiger partial charge in [-0.3, -0.25) is 4.68 Å². The predicted molar refractivity (Wildman–Crippen MR) is 70.3 cm³/mol. The van der Waals surface area contributed by atoms with Gasteiger partial charge in [0.25, 0.3) is 0 Å². The zero-order valence-electron chi connectivity index (χ0n) is 9.27. The van der Waals surface area contributed by atoms with Gasteiger partial charge in [0.2, 0.25) is 0 Å². The van der Waals surface area contributed by atoms with Crippen molar-refractivity contribution in [2.24, 2.45) is 0 Å². The molecule has 0 atom stereocenters. The number of rotatable bonds is 4. The molecule has 0 aliphatic rings. The Morgan fingerprint density at radius 3 is 2.83 bits per heavy atom. The zero-order valence-corrected chi connectivity index (χ0v) is 11.7. The summed E-state index contributed by atoms with van der Waals surface area (Å²) in [7, 11) is 0. The molecule has 0 bridgehead atoms. The standard InChI is InChI=1S/C10H9BrN6S/c11-10-13-9(7-18-10)6-17-5-8(14-15-17)4-16-3-1-2-12-16/h1-3,5,7H,4,6H2. The number of aromatic nitrogens is 6. The molecule has 0 saturated carbocycles. The van der Waals surface area contributed by atoms with E-state index in [1.165, 1.54) is 0 Å². The number of thiazole rings is 1. The molecule has 8 heteroatoms. The average Bonchev–Trinajstić information content (AvgIpc) is 3.04. The number of nitrogens with zero attached hydrogens (tertiary/aromatic N) is 6. The SMILES string of the molecule is Brc1nc(Cn2cc(Cn3cccn3)nn2)cs1. The quantitative estimate of drug-likeness (QED) is 0.734. The van der Waals surface area contributed by atoms with Gasteiger partial charge in [-0.2, -0.15) is 5.10 Å². The van der Waals surface area contributed by atoms with Crippen LogP contribution in [0.5, 0.6) is 0 Å². The molecule has 0 amide bonds. The molecule has 0 aromatic carbocycles. The second-order valence-corrected chi connectivity index (χ2v) is 5.84. The first-order chi connectivity index (χ1) is 8.79. The molecule has 0 aliphatic heterocycles. The van der Waals surface area contributed by atoms with Crippen LogP contribution in [-0.4, -0.2) is 29.8 Å². The minimum absolute atomic E-state index is 0.633. The number of hydrogen-bond acceptors (Lipinski definition) is 5. The minimum atomic E-state index is 0.633. The van der Waals surface area contributed by atoms with E-state index in [1.807, 2.05) is 28.5 Å². The summed E-state index contributed by atoms with van der Waals surface area (Å²) in [6.45, 7) is 1.27. The number of halogens is 1. The van der Waals surface area contributed by atoms with Crippen LogP contribution in [0.15, 0.2) is 34.0 Å². The van der Waals surface area contributed by atoms with E-state index in [-0.39, 0.29) is 0 Å². The van der Waals surface area contributed by atoms with Gasteiger partial charge in [-0.1, -0.05) is 5.21 Å². The van der Waals surface area contributed by atoms with Gasteiger partial charge < -0.3 is 0 Å². The van der Waals surface area contributed by atoms with Crippen LogP contribution in [-0.2, 0) is 13.1 Å². The minimum Gasteiger partial charge on any atom is -0.267 e. The Bertz CT molecular complexity index is 628. The van der Waals surface area contributed by atoms with Crippen molar-refractivity contribution in [1.82, 2.24) is 29.8 Å². The lowest BCUT2D eigenvalue weighted by Crippen LogP contribution is -2.01. The zero-order chi connectivity index (χ0) is 12.4. The fourth-order valence-corrected chi connectivity index (χ4v) is 2.61. The van der Waals surface area contributed by atoms with E-state index < -0.39 is 0 Å². The average molecular weight is 325 g/mol. The van der Waals surface area contributed by atoms with Crippen molar-refractivity contribution in [3.8, 4) is 0 Å².